The quantitative estimate of drug-likeness (QED) is 0.265. The van der Waals surface area contributed by atoms with Crippen molar-refractivity contribution in [2.24, 2.45) is 0 Å². The molecular weight excluding hydrogens is 511 g/mol. The highest BCUT2D eigenvalue weighted by molar-refractivity contribution is 7.79. The Morgan fingerprint density at radius 3 is 2.51 bits per heavy atom. The number of cyclic esters (lactones) is 1. The van der Waals surface area contributed by atoms with Crippen LogP contribution in [-0.4, -0.2) is 64.1 Å². The lowest BCUT2D eigenvalue weighted by molar-refractivity contribution is -0.119. The maximum atomic E-state index is 14.9. The topological polar surface area (TPSA) is 187 Å². The van der Waals surface area contributed by atoms with E-state index < -0.39 is 28.4 Å². The summed E-state index contributed by atoms with van der Waals surface area (Å²) in [4.78, 5) is 24.6. The lowest BCUT2D eigenvalue weighted by Crippen LogP contribution is -2.33. The predicted molar refractivity (Wildman–Crippen MR) is 129 cm³/mol. The summed E-state index contributed by atoms with van der Waals surface area (Å²) in [5.41, 5.74) is 3.47. The molecule has 0 unspecified atom stereocenters. The van der Waals surface area contributed by atoms with Gasteiger partial charge in [0.15, 0.2) is 0 Å². The van der Waals surface area contributed by atoms with E-state index >= 15 is 0 Å². The number of hydrogen-bond donors (Lipinski definition) is 5. The fourth-order valence-corrected chi connectivity index (χ4v) is 3.45. The van der Waals surface area contributed by atoms with Gasteiger partial charge in [-0.3, -0.25) is 18.8 Å². The van der Waals surface area contributed by atoms with Crippen molar-refractivity contribution in [2.75, 3.05) is 18.0 Å². The van der Waals surface area contributed by atoms with E-state index in [-0.39, 0.29) is 19.0 Å². The Labute approximate surface area is 211 Å². The summed E-state index contributed by atoms with van der Waals surface area (Å²) in [6.45, 7) is 3.10. The molecule has 1 fully saturated rings. The van der Waals surface area contributed by atoms with Crippen molar-refractivity contribution in [3.05, 3.63) is 65.7 Å². The van der Waals surface area contributed by atoms with E-state index in [1.807, 2.05) is 24.3 Å². The summed E-state index contributed by atoms with van der Waals surface area (Å²) in [7, 11) is -4.67. The SMILES string of the molecule is CC(=O)NC[C@H]1CN(c2ccc(-c3ccc(CNCc4cn[nH]n4)cc3)c(F)c2)C(=O)O1.O=S(=O)(O)O. The summed E-state index contributed by atoms with van der Waals surface area (Å²) in [5, 5.41) is 16.2. The van der Waals surface area contributed by atoms with Gasteiger partial charge in [0.05, 0.1) is 30.7 Å². The summed E-state index contributed by atoms with van der Waals surface area (Å²) < 4.78 is 51.7. The fraction of sp³-hybridized carbons (Fsp3) is 0.273. The van der Waals surface area contributed by atoms with E-state index in [0.717, 1.165) is 16.8 Å². The minimum Gasteiger partial charge on any atom is -0.442 e. The van der Waals surface area contributed by atoms with Gasteiger partial charge in [-0.05, 0) is 29.3 Å². The molecule has 1 aliphatic rings. The van der Waals surface area contributed by atoms with Gasteiger partial charge in [-0.25, -0.2) is 9.18 Å². The first-order valence-electron chi connectivity index (χ1n) is 10.9. The van der Waals surface area contributed by atoms with Crippen LogP contribution in [0.4, 0.5) is 14.9 Å². The predicted octanol–water partition coefficient (Wildman–Crippen LogP) is 1.71. The monoisotopic (exact) mass is 536 g/mol. The standard InChI is InChI=1S/C22H23FN6O3.H2O4S/c1-14(30)25-12-19-13-29(22(31)32-19)18-6-7-20(21(23)8-18)16-4-2-15(3-5-16)9-24-10-17-11-26-28-27-17;1-5(2,3)4/h2-8,11,19,24H,9-10,12-13H2,1H3,(H,25,30)(H,26,27,28);(H2,1,2,3,4)/t19-;/m0./s1. The number of benzene rings is 2. The molecule has 1 aliphatic heterocycles. The van der Waals surface area contributed by atoms with Crippen molar-refractivity contribution >= 4 is 28.1 Å². The molecular formula is C22H25FN6O7S. The highest BCUT2D eigenvalue weighted by Crippen LogP contribution is 2.29. The van der Waals surface area contributed by atoms with Gasteiger partial charge < -0.3 is 15.4 Å². The van der Waals surface area contributed by atoms with Gasteiger partial charge in [-0.2, -0.15) is 23.8 Å². The number of ether oxygens (including phenoxy) is 1. The van der Waals surface area contributed by atoms with Crippen LogP contribution in [0.1, 0.15) is 18.2 Å². The van der Waals surface area contributed by atoms with Crippen LogP contribution in [0.25, 0.3) is 11.1 Å². The van der Waals surface area contributed by atoms with Crippen molar-refractivity contribution in [1.29, 1.82) is 0 Å². The maximum Gasteiger partial charge on any atom is 0.414 e. The van der Waals surface area contributed by atoms with Crippen LogP contribution in [0.5, 0.6) is 0 Å². The van der Waals surface area contributed by atoms with Crippen molar-refractivity contribution < 1.29 is 36.2 Å². The van der Waals surface area contributed by atoms with E-state index in [1.54, 1.807) is 18.3 Å². The second-order valence-corrected chi connectivity index (χ2v) is 8.82. The minimum absolute atomic E-state index is 0.202. The average molecular weight is 537 g/mol. The zero-order chi connectivity index (χ0) is 27.0. The molecule has 3 aromatic rings. The van der Waals surface area contributed by atoms with Gasteiger partial charge >= 0.3 is 16.5 Å². The van der Waals surface area contributed by atoms with Gasteiger partial charge in [-0.15, -0.1) is 0 Å². The van der Waals surface area contributed by atoms with Gasteiger partial charge in [0, 0.05) is 25.6 Å². The number of halogens is 1. The molecule has 0 bridgehead atoms. The van der Waals surface area contributed by atoms with Gasteiger partial charge in [0.1, 0.15) is 11.9 Å². The first-order valence-corrected chi connectivity index (χ1v) is 12.3. The summed E-state index contributed by atoms with van der Waals surface area (Å²) >= 11 is 0. The first-order chi connectivity index (χ1) is 17.5. The number of aromatic amines is 1. The van der Waals surface area contributed by atoms with Crippen LogP contribution in [0.2, 0.25) is 0 Å². The number of rotatable bonds is 8. The molecule has 13 nitrogen and oxygen atoms in total. The molecule has 2 amide bonds. The Kier molecular flexibility index (Phi) is 9.24. The minimum atomic E-state index is -4.67. The molecule has 198 valence electrons. The number of amides is 2. The van der Waals surface area contributed by atoms with Crippen LogP contribution in [0.3, 0.4) is 0 Å². The fourth-order valence-electron chi connectivity index (χ4n) is 3.45. The molecule has 1 saturated heterocycles. The third-order valence-electron chi connectivity index (χ3n) is 5.08. The van der Waals surface area contributed by atoms with Crippen LogP contribution < -0.4 is 15.5 Å². The molecule has 0 saturated carbocycles. The normalized spacial score (nSPS) is 15.1. The molecule has 2 aromatic carbocycles. The van der Waals surface area contributed by atoms with Crippen LogP contribution in [-0.2, 0) is 33.0 Å². The average Bonchev–Trinajstić information content (AvgIpc) is 3.47. The molecule has 15 heteroatoms. The van der Waals surface area contributed by atoms with Crippen LogP contribution in [0.15, 0.2) is 48.7 Å². The number of nitrogens with zero attached hydrogens (tertiary/aromatic N) is 3. The molecule has 1 aromatic heterocycles. The van der Waals surface area contributed by atoms with E-state index in [4.69, 9.17) is 22.3 Å². The molecule has 4 rings (SSSR count). The maximum absolute atomic E-state index is 14.9. The third-order valence-corrected chi connectivity index (χ3v) is 5.08. The van der Waals surface area contributed by atoms with E-state index in [2.05, 4.69) is 26.0 Å². The summed E-state index contributed by atoms with van der Waals surface area (Å²) in [6, 6.07) is 12.2. The Morgan fingerprint density at radius 2 is 1.92 bits per heavy atom. The van der Waals surface area contributed by atoms with Crippen molar-refractivity contribution in [3.8, 4) is 11.1 Å². The zero-order valence-electron chi connectivity index (χ0n) is 19.6. The Hall–Kier alpha value is -3.92. The molecule has 2 heterocycles. The van der Waals surface area contributed by atoms with Gasteiger partial charge in [0.25, 0.3) is 0 Å². The van der Waals surface area contributed by atoms with E-state index in [0.29, 0.717) is 24.3 Å². The number of anilines is 1. The zero-order valence-corrected chi connectivity index (χ0v) is 20.4. The molecule has 0 aliphatic carbocycles. The number of aromatic nitrogens is 3. The van der Waals surface area contributed by atoms with E-state index in [9.17, 15) is 14.0 Å². The highest BCUT2D eigenvalue weighted by Gasteiger charge is 2.32. The van der Waals surface area contributed by atoms with Gasteiger partial charge in [-0.1, -0.05) is 24.3 Å². The van der Waals surface area contributed by atoms with Gasteiger partial charge in [0.2, 0.25) is 5.91 Å². The molecule has 0 spiro atoms. The smallest absolute Gasteiger partial charge is 0.414 e. The number of nitrogens with one attached hydrogen (secondary N) is 3. The van der Waals surface area contributed by atoms with Crippen molar-refractivity contribution in [1.82, 2.24) is 26.0 Å². The Balaban J connectivity index is 0.000000695. The molecule has 1 atom stereocenters. The summed E-state index contributed by atoms with van der Waals surface area (Å²) in [6.07, 6.45) is 0.627. The summed E-state index contributed by atoms with van der Waals surface area (Å²) in [5.74, 6) is -0.635. The second-order valence-electron chi connectivity index (χ2n) is 7.93. The molecule has 5 N–H and O–H groups in total. The second kappa shape index (κ2) is 12.4. The van der Waals surface area contributed by atoms with Crippen LogP contribution >= 0.6 is 0 Å². The van der Waals surface area contributed by atoms with E-state index in [1.165, 1.54) is 17.9 Å². The molecule has 0 radical (unpaired) electrons. The molecule has 37 heavy (non-hydrogen) atoms. The number of H-pyrrole nitrogens is 1. The van der Waals surface area contributed by atoms with Crippen molar-refractivity contribution in [2.45, 2.75) is 26.1 Å². The largest absolute Gasteiger partial charge is 0.442 e. The number of carbonyl (C=O) groups is 2. The third kappa shape index (κ3) is 8.91. The number of carbonyl (C=O) groups excluding carboxylic acids is 2. The lowest BCUT2D eigenvalue weighted by Gasteiger charge is -2.15. The Morgan fingerprint density at radius 1 is 1.22 bits per heavy atom. The lowest BCUT2D eigenvalue weighted by atomic mass is 10.0. The van der Waals surface area contributed by atoms with Crippen LogP contribution in [0, 0.1) is 5.82 Å². The Bertz CT molecular complexity index is 1310. The first kappa shape index (κ1) is 27.7. The van der Waals surface area contributed by atoms with Crippen molar-refractivity contribution in [3.63, 3.8) is 0 Å². The highest BCUT2D eigenvalue weighted by atomic mass is 32.3. The number of hydrogen-bond acceptors (Lipinski definition) is 8.